The smallest absolute Gasteiger partial charge is 0.315 e. The molecule has 2 fully saturated rings. The second kappa shape index (κ2) is 6.43. The lowest BCUT2D eigenvalue weighted by molar-refractivity contribution is -0.00807. The summed E-state index contributed by atoms with van der Waals surface area (Å²) in [5, 5.41) is 5.75. The van der Waals surface area contributed by atoms with Crippen molar-refractivity contribution in [1.29, 1.82) is 0 Å². The number of carbonyl (C=O) groups excluding carboxylic acids is 1. The van der Waals surface area contributed by atoms with Crippen molar-refractivity contribution < 1.29 is 19.0 Å². The van der Waals surface area contributed by atoms with E-state index in [1.54, 1.807) is 7.11 Å². The van der Waals surface area contributed by atoms with Crippen molar-refractivity contribution >= 4 is 6.03 Å². The molecule has 1 aromatic rings. The summed E-state index contributed by atoms with van der Waals surface area (Å²) in [6.07, 6.45) is -0.263. The van der Waals surface area contributed by atoms with Crippen LogP contribution in [0.15, 0.2) is 30.3 Å². The molecule has 2 heterocycles. The number of fused-ring (bicyclic) bond motifs is 1. The van der Waals surface area contributed by atoms with Crippen LogP contribution in [0.3, 0.4) is 0 Å². The van der Waals surface area contributed by atoms with E-state index in [1.165, 1.54) is 0 Å². The van der Waals surface area contributed by atoms with Crippen molar-refractivity contribution in [1.82, 2.24) is 10.6 Å². The molecule has 4 atom stereocenters. The minimum absolute atomic E-state index is 0.0471. The van der Waals surface area contributed by atoms with E-state index in [2.05, 4.69) is 10.6 Å². The maximum Gasteiger partial charge on any atom is 0.315 e. The first-order chi connectivity index (χ1) is 10.3. The number of hydrogen-bond acceptors (Lipinski definition) is 4. The summed E-state index contributed by atoms with van der Waals surface area (Å²) in [6.45, 7) is 1.46. The first kappa shape index (κ1) is 14.3. The van der Waals surface area contributed by atoms with Crippen LogP contribution in [0.1, 0.15) is 5.56 Å². The third kappa shape index (κ3) is 3.18. The quantitative estimate of drug-likeness (QED) is 0.856. The van der Waals surface area contributed by atoms with E-state index >= 15 is 0 Å². The Morgan fingerprint density at radius 1 is 1.24 bits per heavy atom. The highest BCUT2D eigenvalue weighted by Crippen LogP contribution is 2.28. The summed E-state index contributed by atoms with van der Waals surface area (Å²) in [7, 11) is 1.65. The van der Waals surface area contributed by atoms with Crippen molar-refractivity contribution in [2.24, 2.45) is 0 Å². The number of benzene rings is 1. The molecular formula is C15H20N2O4. The van der Waals surface area contributed by atoms with Crippen molar-refractivity contribution in [2.75, 3.05) is 20.3 Å². The Labute approximate surface area is 123 Å². The maximum atomic E-state index is 11.9. The van der Waals surface area contributed by atoms with Crippen LogP contribution >= 0.6 is 0 Å². The lowest BCUT2D eigenvalue weighted by Crippen LogP contribution is -2.48. The van der Waals surface area contributed by atoms with Crippen LogP contribution in [0, 0.1) is 0 Å². The average molecular weight is 292 g/mol. The van der Waals surface area contributed by atoms with E-state index in [0.717, 1.165) is 5.56 Å². The number of carbonyl (C=O) groups is 1. The van der Waals surface area contributed by atoms with Gasteiger partial charge in [0.05, 0.1) is 19.3 Å². The van der Waals surface area contributed by atoms with Crippen molar-refractivity contribution in [3.05, 3.63) is 35.9 Å². The largest absolute Gasteiger partial charge is 0.376 e. The van der Waals surface area contributed by atoms with Crippen molar-refractivity contribution in [3.63, 3.8) is 0 Å². The van der Waals surface area contributed by atoms with Gasteiger partial charge in [-0.2, -0.15) is 0 Å². The van der Waals surface area contributed by atoms with Crippen LogP contribution < -0.4 is 10.6 Å². The van der Waals surface area contributed by atoms with E-state index in [4.69, 9.17) is 14.2 Å². The zero-order chi connectivity index (χ0) is 14.7. The monoisotopic (exact) mass is 292 g/mol. The Morgan fingerprint density at radius 3 is 2.76 bits per heavy atom. The number of nitrogens with one attached hydrogen (secondary N) is 2. The molecule has 2 N–H and O–H groups in total. The summed E-state index contributed by atoms with van der Waals surface area (Å²) >= 11 is 0. The summed E-state index contributed by atoms with van der Waals surface area (Å²) < 4.78 is 16.6. The molecule has 0 spiro atoms. The van der Waals surface area contributed by atoms with Gasteiger partial charge in [-0.3, -0.25) is 0 Å². The van der Waals surface area contributed by atoms with Gasteiger partial charge >= 0.3 is 6.03 Å². The van der Waals surface area contributed by atoms with Gasteiger partial charge in [-0.1, -0.05) is 30.3 Å². The number of ether oxygens (including phenoxy) is 3. The van der Waals surface area contributed by atoms with Crippen LogP contribution in [-0.4, -0.2) is 50.7 Å². The number of methoxy groups -OCH3 is 1. The Bertz CT molecular complexity index is 482. The van der Waals surface area contributed by atoms with Gasteiger partial charge in [0, 0.05) is 13.7 Å². The summed E-state index contributed by atoms with van der Waals surface area (Å²) in [6, 6.07) is 9.44. The summed E-state index contributed by atoms with van der Waals surface area (Å²) in [5.41, 5.74) is 1.06. The molecule has 3 rings (SSSR count). The Morgan fingerprint density at radius 2 is 2.00 bits per heavy atom. The van der Waals surface area contributed by atoms with Gasteiger partial charge in [0.15, 0.2) is 0 Å². The fourth-order valence-electron chi connectivity index (χ4n) is 2.79. The normalized spacial score (nSPS) is 30.9. The minimum atomic E-state index is -0.211. The zero-order valence-corrected chi connectivity index (χ0v) is 12.0. The third-order valence-electron chi connectivity index (χ3n) is 3.92. The number of urea groups is 1. The third-order valence-corrected chi connectivity index (χ3v) is 3.92. The Balaban J connectivity index is 1.47. The highest BCUT2D eigenvalue weighted by Gasteiger charge is 2.48. The van der Waals surface area contributed by atoms with Gasteiger partial charge in [-0.05, 0) is 5.56 Å². The minimum Gasteiger partial charge on any atom is -0.376 e. The highest BCUT2D eigenvalue weighted by atomic mass is 16.6. The molecule has 0 unspecified atom stereocenters. The first-order valence-electron chi connectivity index (χ1n) is 7.12. The van der Waals surface area contributed by atoms with Gasteiger partial charge in [0.1, 0.15) is 18.3 Å². The predicted molar refractivity (Wildman–Crippen MR) is 75.9 cm³/mol. The standard InChI is InChI=1S/C15H20N2O4/c1-19-12-9-21-13-11(8-20-14(12)13)17-15(18)16-7-10-5-3-2-4-6-10/h2-6,11-14H,7-9H2,1H3,(H2,16,17,18)/t11-,12+,13+,14+/m0/s1. The van der Waals surface area contributed by atoms with E-state index < -0.39 is 0 Å². The summed E-state index contributed by atoms with van der Waals surface area (Å²) in [4.78, 5) is 11.9. The van der Waals surface area contributed by atoms with Crippen LogP contribution in [0.4, 0.5) is 4.79 Å². The predicted octanol–water partition coefficient (Wildman–Crippen LogP) is 0.667. The molecule has 21 heavy (non-hydrogen) atoms. The molecule has 114 valence electrons. The number of amides is 2. The fourth-order valence-corrected chi connectivity index (χ4v) is 2.79. The zero-order valence-electron chi connectivity index (χ0n) is 12.0. The average Bonchev–Trinajstić information content (AvgIpc) is 3.09. The molecular weight excluding hydrogens is 272 g/mol. The molecule has 2 aliphatic rings. The number of rotatable bonds is 4. The van der Waals surface area contributed by atoms with Crippen LogP contribution in [-0.2, 0) is 20.8 Å². The van der Waals surface area contributed by atoms with Crippen molar-refractivity contribution in [2.45, 2.75) is 30.9 Å². The number of hydrogen-bond donors (Lipinski definition) is 2. The maximum absolute atomic E-state index is 11.9. The topological polar surface area (TPSA) is 68.8 Å². The van der Waals surface area contributed by atoms with Crippen LogP contribution in [0.25, 0.3) is 0 Å². The first-order valence-corrected chi connectivity index (χ1v) is 7.12. The Kier molecular flexibility index (Phi) is 4.38. The van der Waals surface area contributed by atoms with E-state index in [-0.39, 0.29) is 30.4 Å². The van der Waals surface area contributed by atoms with Gasteiger partial charge in [0.25, 0.3) is 0 Å². The molecule has 2 aliphatic heterocycles. The highest BCUT2D eigenvalue weighted by molar-refractivity contribution is 5.74. The molecule has 0 aliphatic carbocycles. The summed E-state index contributed by atoms with van der Waals surface area (Å²) in [5.74, 6) is 0. The van der Waals surface area contributed by atoms with Gasteiger partial charge in [-0.15, -0.1) is 0 Å². The molecule has 1 aromatic carbocycles. The molecule has 6 heteroatoms. The molecule has 0 bridgehead atoms. The second-order valence-electron chi connectivity index (χ2n) is 5.29. The molecule has 0 saturated carbocycles. The molecule has 2 saturated heterocycles. The van der Waals surface area contributed by atoms with E-state index in [0.29, 0.717) is 19.8 Å². The fraction of sp³-hybridized carbons (Fsp3) is 0.533. The van der Waals surface area contributed by atoms with E-state index in [9.17, 15) is 4.79 Å². The van der Waals surface area contributed by atoms with Crippen LogP contribution in [0.2, 0.25) is 0 Å². The molecule has 2 amide bonds. The molecule has 6 nitrogen and oxygen atoms in total. The van der Waals surface area contributed by atoms with Gasteiger partial charge in [0.2, 0.25) is 0 Å². The second-order valence-corrected chi connectivity index (χ2v) is 5.29. The van der Waals surface area contributed by atoms with E-state index in [1.807, 2.05) is 30.3 Å². The molecule has 0 radical (unpaired) electrons. The molecule has 0 aromatic heterocycles. The van der Waals surface area contributed by atoms with Crippen LogP contribution in [0.5, 0.6) is 0 Å². The lowest BCUT2D eigenvalue weighted by atomic mass is 10.1. The van der Waals surface area contributed by atoms with Gasteiger partial charge in [-0.25, -0.2) is 4.79 Å². The van der Waals surface area contributed by atoms with Gasteiger partial charge < -0.3 is 24.8 Å². The SMILES string of the molecule is CO[C@@H]1CO[C@H]2[C@@H]1OC[C@@H]2NC(=O)NCc1ccccc1. The Hall–Kier alpha value is -1.63. The lowest BCUT2D eigenvalue weighted by Gasteiger charge is -2.18. The van der Waals surface area contributed by atoms with Crippen molar-refractivity contribution in [3.8, 4) is 0 Å².